The van der Waals surface area contributed by atoms with Crippen LogP contribution in [0, 0.1) is 5.82 Å². The number of hydrogen-bond donors (Lipinski definition) is 1. The summed E-state index contributed by atoms with van der Waals surface area (Å²) < 4.78 is 54.6. The van der Waals surface area contributed by atoms with Gasteiger partial charge in [0.25, 0.3) is 10.0 Å². The van der Waals surface area contributed by atoms with Crippen LogP contribution in [0.1, 0.15) is 25.0 Å². The predicted molar refractivity (Wildman–Crippen MR) is 173 cm³/mol. The summed E-state index contributed by atoms with van der Waals surface area (Å²) in [6, 6.07) is 26.4. The molecule has 0 spiro atoms. The number of nitrogens with zero attached hydrogens (tertiary/aromatic N) is 2. The highest BCUT2D eigenvalue weighted by Crippen LogP contribution is 2.34. The lowest BCUT2D eigenvalue weighted by atomic mass is 10.0. The van der Waals surface area contributed by atoms with Crippen LogP contribution in [0.15, 0.2) is 108 Å². The fraction of sp³-hybridized carbons (Fsp3) is 0.257. The fourth-order valence-corrected chi connectivity index (χ4v) is 6.59. The second kappa shape index (κ2) is 14.5. The summed E-state index contributed by atoms with van der Waals surface area (Å²) in [4.78, 5) is 29.5. The first-order chi connectivity index (χ1) is 22.1. The number of nitrogens with one attached hydrogen (secondary N) is 1. The quantitative estimate of drug-likeness (QED) is 0.234. The zero-order valence-corrected chi connectivity index (χ0v) is 26.5. The number of carbonyl (C=O) groups excluding carboxylic acids is 2. The van der Waals surface area contributed by atoms with Crippen LogP contribution in [0.25, 0.3) is 0 Å². The zero-order valence-electron chi connectivity index (χ0n) is 25.6. The molecule has 11 heteroatoms. The molecular weight excluding hydrogens is 609 g/mol. The first kappa shape index (κ1) is 32.5. The van der Waals surface area contributed by atoms with Crippen LogP contribution < -0.4 is 19.1 Å². The lowest BCUT2D eigenvalue weighted by Crippen LogP contribution is -2.54. The Morgan fingerprint density at radius 3 is 2.07 bits per heavy atom. The molecule has 5 rings (SSSR count). The molecule has 0 unspecified atom stereocenters. The Balaban J connectivity index is 1.56. The van der Waals surface area contributed by atoms with Gasteiger partial charge >= 0.3 is 0 Å². The van der Waals surface area contributed by atoms with E-state index in [2.05, 4.69) is 5.32 Å². The van der Waals surface area contributed by atoms with Crippen LogP contribution in [-0.2, 0) is 32.6 Å². The molecule has 0 radical (unpaired) electrons. The Morgan fingerprint density at radius 2 is 1.43 bits per heavy atom. The van der Waals surface area contributed by atoms with Gasteiger partial charge in [0, 0.05) is 25.1 Å². The summed E-state index contributed by atoms with van der Waals surface area (Å²) >= 11 is 0. The van der Waals surface area contributed by atoms with Crippen LogP contribution in [0.4, 0.5) is 10.1 Å². The highest BCUT2D eigenvalue weighted by Gasteiger charge is 2.35. The van der Waals surface area contributed by atoms with Gasteiger partial charge in [0.15, 0.2) is 11.5 Å². The number of anilines is 1. The number of hydrogen-bond acceptors (Lipinski definition) is 6. The molecule has 1 heterocycles. The Labute approximate surface area is 268 Å². The third-order valence-electron chi connectivity index (χ3n) is 7.39. The number of halogens is 1. The van der Waals surface area contributed by atoms with Crippen molar-refractivity contribution in [1.82, 2.24) is 10.2 Å². The van der Waals surface area contributed by atoms with Crippen molar-refractivity contribution in [2.45, 2.75) is 43.8 Å². The monoisotopic (exact) mass is 645 g/mol. The smallest absolute Gasteiger partial charge is 0.264 e. The Kier molecular flexibility index (Phi) is 10.2. The van der Waals surface area contributed by atoms with Gasteiger partial charge in [-0.3, -0.25) is 13.9 Å². The molecule has 0 bridgehead atoms. The highest BCUT2D eigenvalue weighted by atomic mass is 32.2. The molecule has 0 aromatic heterocycles. The number of carbonyl (C=O) groups is 2. The largest absolute Gasteiger partial charge is 0.486 e. The predicted octanol–water partition coefficient (Wildman–Crippen LogP) is 4.96. The van der Waals surface area contributed by atoms with E-state index < -0.39 is 34.3 Å². The van der Waals surface area contributed by atoms with Crippen LogP contribution in [0.3, 0.4) is 0 Å². The van der Waals surface area contributed by atoms with Crippen molar-refractivity contribution in [3.8, 4) is 11.5 Å². The number of fused-ring (bicyclic) bond motifs is 1. The van der Waals surface area contributed by atoms with Crippen LogP contribution in [0.2, 0.25) is 0 Å². The van der Waals surface area contributed by atoms with E-state index in [9.17, 15) is 22.4 Å². The average Bonchev–Trinajstić information content (AvgIpc) is 3.06. The van der Waals surface area contributed by atoms with Gasteiger partial charge in [-0.05, 0) is 61.4 Å². The molecule has 1 N–H and O–H groups in total. The lowest BCUT2D eigenvalue weighted by Gasteiger charge is -2.34. The molecule has 0 saturated carbocycles. The van der Waals surface area contributed by atoms with E-state index in [0.717, 1.165) is 27.6 Å². The summed E-state index contributed by atoms with van der Waals surface area (Å²) in [6.07, 6.45) is 0.198. The first-order valence-electron chi connectivity index (χ1n) is 15.0. The minimum Gasteiger partial charge on any atom is -0.486 e. The third-order valence-corrected chi connectivity index (χ3v) is 9.16. The molecule has 0 saturated heterocycles. The van der Waals surface area contributed by atoms with Gasteiger partial charge in [0.2, 0.25) is 11.8 Å². The molecule has 0 fully saturated rings. The normalized spacial score (nSPS) is 13.1. The van der Waals surface area contributed by atoms with Crippen molar-refractivity contribution < 1.29 is 31.9 Å². The standard InChI is InChI=1S/C35H36FN3O6S/c1-25(2)37-35(41)31(21-26-9-5-3-6-10-26)38(23-27-11-7-4-8-12-27)34(40)24-39(29-15-13-28(36)14-16-29)46(42,43)30-17-18-32-33(22-30)45-20-19-44-32/h3-18,22,25,31H,19-21,23-24H2,1-2H3,(H,37,41)/t31-/m0/s1. The summed E-state index contributed by atoms with van der Waals surface area (Å²) in [6.45, 7) is 3.64. The van der Waals surface area contributed by atoms with Gasteiger partial charge in [-0.25, -0.2) is 12.8 Å². The van der Waals surface area contributed by atoms with Gasteiger partial charge in [0.05, 0.1) is 10.6 Å². The maximum atomic E-state index is 14.5. The van der Waals surface area contributed by atoms with E-state index >= 15 is 0 Å². The molecule has 1 aliphatic rings. The Hall–Kier alpha value is -4.90. The van der Waals surface area contributed by atoms with E-state index in [0.29, 0.717) is 12.4 Å². The number of rotatable bonds is 12. The van der Waals surface area contributed by atoms with E-state index in [1.54, 1.807) is 0 Å². The number of ether oxygens (including phenoxy) is 2. The molecule has 4 aromatic carbocycles. The molecule has 2 amide bonds. The lowest BCUT2D eigenvalue weighted by molar-refractivity contribution is -0.140. The summed E-state index contributed by atoms with van der Waals surface area (Å²) in [5, 5.41) is 2.93. The van der Waals surface area contributed by atoms with E-state index in [4.69, 9.17) is 9.47 Å². The molecule has 1 aliphatic heterocycles. The van der Waals surface area contributed by atoms with Crippen molar-refractivity contribution in [3.63, 3.8) is 0 Å². The molecule has 240 valence electrons. The molecule has 46 heavy (non-hydrogen) atoms. The highest BCUT2D eigenvalue weighted by molar-refractivity contribution is 7.92. The topological polar surface area (TPSA) is 105 Å². The molecule has 9 nitrogen and oxygen atoms in total. The summed E-state index contributed by atoms with van der Waals surface area (Å²) in [5.74, 6) is -0.883. The van der Waals surface area contributed by atoms with Gasteiger partial charge in [-0.2, -0.15) is 0 Å². The van der Waals surface area contributed by atoms with Crippen molar-refractivity contribution in [3.05, 3.63) is 120 Å². The van der Waals surface area contributed by atoms with E-state index in [-0.39, 0.29) is 47.9 Å². The van der Waals surface area contributed by atoms with Crippen LogP contribution >= 0.6 is 0 Å². The Morgan fingerprint density at radius 1 is 0.826 bits per heavy atom. The van der Waals surface area contributed by atoms with E-state index in [1.807, 2.05) is 74.5 Å². The Bertz CT molecular complexity index is 1750. The molecule has 0 aliphatic carbocycles. The van der Waals surface area contributed by atoms with Gasteiger partial charge in [-0.1, -0.05) is 60.7 Å². The number of amides is 2. The van der Waals surface area contributed by atoms with Crippen molar-refractivity contribution >= 4 is 27.5 Å². The SMILES string of the molecule is CC(C)NC(=O)[C@H](Cc1ccccc1)N(Cc1ccccc1)C(=O)CN(c1ccc(F)cc1)S(=O)(=O)c1ccc2c(c1)OCCO2. The fourth-order valence-electron chi connectivity index (χ4n) is 5.16. The minimum atomic E-state index is -4.40. The molecule has 4 aromatic rings. The first-order valence-corrected chi connectivity index (χ1v) is 16.4. The maximum absolute atomic E-state index is 14.5. The summed E-state index contributed by atoms with van der Waals surface area (Å²) in [5.41, 5.74) is 1.67. The summed E-state index contributed by atoms with van der Waals surface area (Å²) in [7, 11) is -4.40. The zero-order chi connectivity index (χ0) is 32.7. The van der Waals surface area contributed by atoms with Gasteiger partial charge < -0.3 is 19.7 Å². The van der Waals surface area contributed by atoms with Crippen molar-refractivity contribution in [2.75, 3.05) is 24.1 Å². The number of benzene rings is 4. The number of sulfonamides is 1. The van der Waals surface area contributed by atoms with Crippen molar-refractivity contribution in [1.29, 1.82) is 0 Å². The second-order valence-corrected chi connectivity index (χ2v) is 13.0. The second-order valence-electron chi connectivity index (χ2n) is 11.2. The molecule has 1 atom stereocenters. The van der Waals surface area contributed by atoms with Crippen LogP contribution in [-0.4, -0.2) is 57.0 Å². The maximum Gasteiger partial charge on any atom is 0.264 e. The third kappa shape index (κ3) is 7.84. The van der Waals surface area contributed by atoms with Crippen molar-refractivity contribution in [2.24, 2.45) is 0 Å². The van der Waals surface area contributed by atoms with Gasteiger partial charge in [0.1, 0.15) is 31.6 Å². The molecular formula is C35H36FN3O6S. The van der Waals surface area contributed by atoms with E-state index in [1.165, 1.54) is 35.2 Å². The van der Waals surface area contributed by atoms with Gasteiger partial charge in [-0.15, -0.1) is 0 Å². The average molecular weight is 646 g/mol. The minimum absolute atomic E-state index is 0.0457. The van der Waals surface area contributed by atoms with Crippen LogP contribution in [0.5, 0.6) is 11.5 Å².